The summed E-state index contributed by atoms with van der Waals surface area (Å²) in [5.41, 5.74) is 1.87. The Labute approximate surface area is 119 Å². The predicted octanol–water partition coefficient (Wildman–Crippen LogP) is 3.87. The van der Waals surface area contributed by atoms with Crippen molar-refractivity contribution >= 4 is 18.5 Å². The fourth-order valence-electron chi connectivity index (χ4n) is 1.44. The van der Waals surface area contributed by atoms with E-state index < -0.39 is 12.8 Å². The molecule has 1 rings (SSSR count). The van der Waals surface area contributed by atoms with Crippen LogP contribution in [0.3, 0.4) is 0 Å². The third kappa shape index (κ3) is 5.02. The van der Waals surface area contributed by atoms with E-state index in [1.54, 1.807) is 0 Å². The fraction of sp³-hybridized carbons (Fsp3) is 0.462. The zero-order chi connectivity index (χ0) is 14.3. The topological polar surface area (TPSA) is 51.5 Å². The molecule has 0 aliphatic rings. The first-order chi connectivity index (χ1) is 9.04. The Morgan fingerprint density at radius 1 is 1.21 bits per heavy atom. The van der Waals surface area contributed by atoms with Gasteiger partial charge in [0, 0.05) is 0 Å². The third-order valence-corrected chi connectivity index (χ3v) is 4.81. The van der Waals surface area contributed by atoms with Gasteiger partial charge in [-0.3, -0.25) is 4.52 Å². The van der Waals surface area contributed by atoms with Crippen molar-refractivity contribution in [1.29, 1.82) is 5.26 Å². The van der Waals surface area contributed by atoms with Gasteiger partial charge in [0.1, 0.15) is 0 Å². The molecule has 0 heterocycles. The van der Waals surface area contributed by atoms with Crippen LogP contribution >= 0.6 is 6.72 Å². The summed E-state index contributed by atoms with van der Waals surface area (Å²) in [7, 11) is 0. The standard InChI is InChI=1S/C13H18NO3PS/c1-4-15-18(19,16-5-2)17-13(10-14)12-8-6-11(3)7-9-12/h6-9,13H,4-5H2,1-3H3. The predicted molar refractivity (Wildman–Crippen MR) is 78.2 cm³/mol. The number of aryl methyl sites for hydroxylation is 1. The van der Waals surface area contributed by atoms with Gasteiger partial charge in [-0.25, -0.2) is 0 Å². The van der Waals surface area contributed by atoms with Crippen LogP contribution in [0.15, 0.2) is 24.3 Å². The molecule has 0 saturated carbocycles. The van der Waals surface area contributed by atoms with E-state index in [0.717, 1.165) is 11.1 Å². The molecule has 6 heteroatoms. The summed E-state index contributed by atoms with van der Waals surface area (Å²) in [6.07, 6.45) is -0.774. The Kier molecular flexibility index (Phi) is 6.64. The van der Waals surface area contributed by atoms with Gasteiger partial charge in [-0.2, -0.15) is 5.26 Å². The molecule has 4 nitrogen and oxygen atoms in total. The highest BCUT2D eigenvalue weighted by Crippen LogP contribution is 2.53. The van der Waals surface area contributed by atoms with E-state index in [0.29, 0.717) is 13.2 Å². The molecule has 0 fully saturated rings. The first-order valence-corrected chi connectivity index (χ1v) is 8.64. The molecule has 1 atom stereocenters. The number of nitriles is 1. The summed E-state index contributed by atoms with van der Waals surface area (Å²) in [5, 5.41) is 9.23. The molecule has 0 bridgehead atoms. The van der Waals surface area contributed by atoms with Crippen molar-refractivity contribution in [3.8, 4) is 6.07 Å². The molecule has 1 aromatic carbocycles. The van der Waals surface area contributed by atoms with Crippen LogP contribution < -0.4 is 0 Å². The van der Waals surface area contributed by atoms with E-state index >= 15 is 0 Å². The molecule has 0 aromatic heterocycles. The maximum absolute atomic E-state index is 9.23. The molecule has 0 amide bonds. The lowest BCUT2D eigenvalue weighted by Gasteiger charge is -2.23. The number of benzene rings is 1. The minimum Gasteiger partial charge on any atom is -0.309 e. The number of hydrogen-bond acceptors (Lipinski definition) is 5. The van der Waals surface area contributed by atoms with Crippen LogP contribution in [-0.4, -0.2) is 13.2 Å². The zero-order valence-corrected chi connectivity index (χ0v) is 13.0. The van der Waals surface area contributed by atoms with Crippen LogP contribution in [0.2, 0.25) is 0 Å². The lowest BCUT2D eigenvalue weighted by atomic mass is 10.1. The molecule has 0 aliphatic carbocycles. The maximum atomic E-state index is 9.23. The molecule has 0 aliphatic heterocycles. The second kappa shape index (κ2) is 7.74. The highest BCUT2D eigenvalue weighted by molar-refractivity contribution is 8.07. The van der Waals surface area contributed by atoms with Crippen molar-refractivity contribution in [1.82, 2.24) is 0 Å². The average molecular weight is 299 g/mol. The summed E-state index contributed by atoms with van der Waals surface area (Å²) in [5.74, 6) is 0. The van der Waals surface area contributed by atoms with Crippen molar-refractivity contribution in [2.24, 2.45) is 0 Å². The van der Waals surface area contributed by atoms with Crippen molar-refractivity contribution in [3.05, 3.63) is 35.4 Å². The molecule has 1 aromatic rings. The quantitative estimate of drug-likeness (QED) is 0.715. The van der Waals surface area contributed by atoms with E-state index in [9.17, 15) is 5.26 Å². The summed E-state index contributed by atoms with van der Waals surface area (Å²) in [6.45, 7) is 3.54. The SMILES string of the molecule is CCOP(=S)(OCC)OC(C#N)c1ccc(C)cc1. The normalized spacial score (nSPS) is 12.9. The first kappa shape index (κ1) is 16.3. The average Bonchev–Trinajstić information content (AvgIpc) is 2.38. The van der Waals surface area contributed by atoms with E-state index in [-0.39, 0.29) is 0 Å². The third-order valence-electron chi connectivity index (χ3n) is 2.31. The number of nitrogens with zero attached hydrogens (tertiary/aromatic N) is 1. The molecule has 19 heavy (non-hydrogen) atoms. The Morgan fingerprint density at radius 3 is 2.16 bits per heavy atom. The van der Waals surface area contributed by atoms with Crippen molar-refractivity contribution < 1.29 is 13.6 Å². The van der Waals surface area contributed by atoms with Crippen LogP contribution in [0.25, 0.3) is 0 Å². The van der Waals surface area contributed by atoms with E-state index in [1.807, 2.05) is 45.0 Å². The van der Waals surface area contributed by atoms with Crippen LogP contribution in [-0.2, 0) is 25.4 Å². The summed E-state index contributed by atoms with van der Waals surface area (Å²) in [6, 6.07) is 9.63. The Morgan fingerprint density at radius 2 is 1.74 bits per heavy atom. The highest BCUT2D eigenvalue weighted by Gasteiger charge is 2.26. The lowest BCUT2D eigenvalue weighted by Crippen LogP contribution is -2.05. The van der Waals surface area contributed by atoms with Gasteiger partial charge in [0.2, 0.25) is 0 Å². The van der Waals surface area contributed by atoms with Crippen LogP contribution in [0, 0.1) is 18.3 Å². The maximum Gasteiger partial charge on any atom is 0.328 e. The van der Waals surface area contributed by atoms with Crippen molar-refractivity contribution in [2.45, 2.75) is 26.9 Å². The molecular formula is C13H18NO3PS. The van der Waals surface area contributed by atoms with Crippen LogP contribution in [0.4, 0.5) is 0 Å². The van der Waals surface area contributed by atoms with Crippen molar-refractivity contribution in [2.75, 3.05) is 13.2 Å². The zero-order valence-electron chi connectivity index (χ0n) is 11.3. The molecule has 104 valence electrons. The van der Waals surface area contributed by atoms with Gasteiger partial charge in [0.05, 0.1) is 19.3 Å². The van der Waals surface area contributed by atoms with Gasteiger partial charge >= 0.3 is 6.72 Å². The summed E-state index contributed by atoms with van der Waals surface area (Å²) in [4.78, 5) is 0. The van der Waals surface area contributed by atoms with Crippen LogP contribution in [0.1, 0.15) is 31.1 Å². The minimum atomic E-state index is -2.86. The first-order valence-electron chi connectivity index (χ1n) is 6.08. The Bertz CT molecular complexity index is 474. The number of hydrogen-bond donors (Lipinski definition) is 0. The Hall–Kier alpha value is -0.760. The lowest BCUT2D eigenvalue weighted by molar-refractivity contribution is 0.145. The second-order valence-electron chi connectivity index (χ2n) is 3.81. The summed E-state index contributed by atoms with van der Waals surface area (Å²) < 4.78 is 16.4. The van der Waals surface area contributed by atoms with Crippen LogP contribution in [0.5, 0.6) is 0 Å². The fourth-order valence-corrected chi connectivity index (χ4v) is 3.59. The van der Waals surface area contributed by atoms with Gasteiger partial charge in [0.25, 0.3) is 0 Å². The largest absolute Gasteiger partial charge is 0.328 e. The Balaban J connectivity index is 2.89. The monoisotopic (exact) mass is 299 g/mol. The van der Waals surface area contributed by atoms with Gasteiger partial charge in [0.15, 0.2) is 6.10 Å². The molecular weight excluding hydrogens is 281 g/mol. The van der Waals surface area contributed by atoms with Gasteiger partial charge in [-0.15, -0.1) is 0 Å². The van der Waals surface area contributed by atoms with Crippen molar-refractivity contribution in [3.63, 3.8) is 0 Å². The van der Waals surface area contributed by atoms with E-state index in [2.05, 4.69) is 6.07 Å². The van der Waals surface area contributed by atoms with E-state index in [4.69, 9.17) is 25.4 Å². The summed E-state index contributed by atoms with van der Waals surface area (Å²) >= 11 is 5.26. The smallest absolute Gasteiger partial charge is 0.309 e. The van der Waals surface area contributed by atoms with Gasteiger partial charge in [-0.1, -0.05) is 29.8 Å². The molecule has 0 spiro atoms. The molecule has 0 N–H and O–H groups in total. The second-order valence-corrected chi connectivity index (χ2v) is 6.77. The number of rotatable bonds is 7. The molecule has 1 unspecified atom stereocenters. The minimum absolute atomic E-state index is 0.392. The van der Waals surface area contributed by atoms with Gasteiger partial charge in [-0.05, 0) is 38.1 Å². The van der Waals surface area contributed by atoms with E-state index in [1.165, 1.54) is 0 Å². The molecule has 0 saturated heterocycles. The highest BCUT2D eigenvalue weighted by atomic mass is 32.5. The van der Waals surface area contributed by atoms with Gasteiger partial charge < -0.3 is 9.05 Å². The molecule has 0 radical (unpaired) electrons.